The summed E-state index contributed by atoms with van der Waals surface area (Å²) in [6, 6.07) is 2.53. The second-order valence-electron chi connectivity index (χ2n) is 5.52. The molecule has 3 rings (SSSR count). The minimum atomic E-state index is -4.47. The van der Waals surface area contributed by atoms with Crippen LogP contribution in [0.5, 0.6) is 5.88 Å². The molecule has 0 saturated heterocycles. The lowest BCUT2D eigenvalue weighted by molar-refractivity contribution is -0.154. The van der Waals surface area contributed by atoms with Gasteiger partial charge in [0, 0.05) is 13.1 Å². The van der Waals surface area contributed by atoms with Gasteiger partial charge >= 0.3 is 6.18 Å². The number of nitrogens with zero attached hydrogens (tertiary/aromatic N) is 5. The number of rotatable bonds is 5. The van der Waals surface area contributed by atoms with Gasteiger partial charge < -0.3 is 10.1 Å². The van der Waals surface area contributed by atoms with E-state index in [-0.39, 0.29) is 23.5 Å². The molecule has 9 nitrogen and oxygen atoms in total. The Balaban J connectivity index is 1.64. The zero-order valence-electron chi connectivity index (χ0n) is 13.9. The largest absolute Gasteiger partial charge is 0.468 e. The zero-order chi connectivity index (χ0) is 19.6. The van der Waals surface area contributed by atoms with Crippen LogP contribution in [-0.4, -0.2) is 43.0 Å². The van der Waals surface area contributed by atoms with Crippen LogP contribution in [0.25, 0.3) is 11.0 Å². The topological polar surface area (TPSA) is 104 Å². The van der Waals surface area contributed by atoms with E-state index in [1.807, 2.05) is 0 Å². The highest BCUT2D eigenvalue weighted by Gasteiger charge is 2.28. The lowest BCUT2D eigenvalue weighted by Crippen LogP contribution is -2.27. The standard InChI is InChI=1S/C15H13F3N6O3/c1-23-13-10(5-21-23)14(26)24(8-20-13)6-11(25)22-9-2-3-12(19-4-9)27-7-15(16,17)18/h2-5,8H,6-7H2,1H3,(H,22,25). The number of carbonyl (C=O) groups excluding carboxylic acids is 1. The van der Waals surface area contributed by atoms with E-state index in [9.17, 15) is 22.8 Å². The van der Waals surface area contributed by atoms with Crippen LogP contribution in [-0.2, 0) is 18.4 Å². The zero-order valence-corrected chi connectivity index (χ0v) is 13.9. The van der Waals surface area contributed by atoms with E-state index in [4.69, 9.17) is 0 Å². The van der Waals surface area contributed by atoms with E-state index in [0.29, 0.717) is 5.65 Å². The number of carbonyl (C=O) groups is 1. The Bertz CT molecular complexity index is 1030. The summed E-state index contributed by atoms with van der Waals surface area (Å²) in [4.78, 5) is 32.1. The molecule has 142 valence electrons. The number of hydrogen-bond donors (Lipinski definition) is 1. The Morgan fingerprint density at radius 3 is 2.70 bits per heavy atom. The first kappa shape index (κ1) is 18.4. The van der Waals surface area contributed by atoms with Crippen molar-refractivity contribution in [3.05, 3.63) is 41.2 Å². The summed E-state index contributed by atoms with van der Waals surface area (Å²) in [7, 11) is 1.64. The lowest BCUT2D eigenvalue weighted by atomic mass is 10.4. The van der Waals surface area contributed by atoms with Gasteiger partial charge in [-0.05, 0) is 6.07 Å². The van der Waals surface area contributed by atoms with Crippen molar-refractivity contribution in [3.63, 3.8) is 0 Å². The maximum absolute atomic E-state index is 12.3. The van der Waals surface area contributed by atoms with Crippen molar-refractivity contribution < 1.29 is 22.7 Å². The van der Waals surface area contributed by atoms with E-state index in [1.165, 1.54) is 29.3 Å². The molecule has 0 fully saturated rings. The fourth-order valence-electron chi connectivity index (χ4n) is 2.23. The molecule has 0 atom stereocenters. The lowest BCUT2D eigenvalue weighted by Gasteiger charge is -2.09. The average Bonchev–Trinajstić information content (AvgIpc) is 2.98. The molecule has 1 amide bonds. The van der Waals surface area contributed by atoms with Crippen molar-refractivity contribution in [2.24, 2.45) is 7.05 Å². The van der Waals surface area contributed by atoms with Crippen LogP contribution in [0.15, 0.2) is 35.6 Å². The third kappa shape index (κ3) is 4.40. The SMILES string of the molecule is Cn1ncc2c(=O)n(CC(=O)Nc3ccc(OCC(F)(F)F)nc3)cnc21. The minimum Gasteiger partial charge on any atom is -0.468 e. The maximum atomic E-state index is 12.3. The smallest absolute Gasteiger partial charge is 0.422 e. The van der Waals surface area contributed by atoms with Crippen molar-refractivity contribution in [1.29, 1.82) is 0 Å². The van der Waals surface area contributed by atoms with Crippen molar-refractivity contribution in [1.82, 2.24) is 24.3 Å². The molecule has 0 radical (unpaired) electrons. The number of amides is 1. The third-order valence-corrected chi connectivity index (χ3v) is 3.44. The summed E-state index contributed by atoms with van der Waals surface area (Å²) < 4.78 is 43.3. The number of alkyl halides is 3. The second kappa shape index (κ2) is 7.05. The van der Waals surface area contributed by atoms with Crippen molar-refractivity contribution >= 4 is 22.6 Å². The molecule has 12 heteroatoms. The molecule has 1 N–H and O–H groups in total. The number of ether oxygens (including phenoxy) is 1. The third-order valence-electron chi connectivity index (χ3n) is 3.44. The van der Waals surface area contributed by atoms with Gasteiger partial charge in [0.05, 0.1) is 18.1 Å². The highest BCUT2D eigenvalue weighted by Crippen LogP contribution is 2.18. The van der Waals surface area contributed by atoms with Crippen molar-refractivity contribution in [2.45, 2.75) is 12.7 Å². The van der Waals surface area contributed by atoms with Crippen LogP contribution in [0.2, 0.25) is 0 Å². The van der Waals surface area contributed by atoms with Gasteiger partial charge in [0.2, 0.25) is 11.8 Å². The summed E-state index contributed by atoms with van der Waals surface area (Å²) >= 11 is 0. The molecule has 0 aliphatic rings. The van der Waals surface area contributed by atoms with Crippen LogP contribution in [0, 0.1) is 0 Å². The van der Waals surface area contributed by atoms with Crippen molar-refractivity contribution in [2.75, 3.05) is 11.9 Å². The second-order valence-corrected chi connectivity index (χ2v) is 5.52. The number of aryl methyl sites for hydroxylation is 1. The van der Waals surface area contributed by atoms with Crippen LogP contribution < -0.4 is 15.6 Å². The van der Waals surface area contributed by atoms with Gasteiger partial charge in [-0.1, -0.05) is 0 Å². The molecule has 0 aliphatic heterocycles. The Kier molecular flexibility index (Phi) is 4.79. The predicted molar refractivity (Wildman–Crippen MR) is 87.2 cm³/mol. The van der Waals surface area contributed by atoms with Gasteiger partial charge in [0.1, 0.15) is 18.3 Å². The first-order valence-electron chi connectivity index (χ1n) is 7.55. The molecule has 27 heavy (non-hydrogen) atoms. The molecule has 3 aromatic heterocycles. The first-order chi connectivity index (χ1) is 12.7. The fraction of sp³-hybridized carbons (Fsp3) is 0.267. The number of nitrogens with one attached hydrogen (secondary N) is 1. The van der Waals surface area contributed by atoms with E-state index < -0.39 is 24.2 Å². The van der Waals surface area contributed by atoms with Gasteiger partial charge in [-0.3, -0.25) is 18.8 Å². The predicted octanol–water partition coefficient (Wildman–Crippen LogP) is 1.10. The molecule has 0 aliphatic carbocycles. The van der Waals surface area contributed by atoms with Gasteiger partial charge in [0.25, 0.3) is 5.56 Å². The minimum absolute atomic E-state index is 0.229. The Hall–Kier alpha value is -3.44. The molecule has 0 spiro atoms. The number of fused-ring (bicyclic) bond motifs is 1. The molecule has 0 aromatic carbocycles. The molecular weight excluding hydrogens is 369 g/mol. The van der Waals surface area contributed by atoms with E-state index in [0.717, 1.165) is 10.8 Å². The van der Waals surface area contributed by atoms with E-state index in [2.05, 4.69) is 25.1 Å². The molecule has 0 unspecified atom stereocenters. The normalized spacial score (nSPS) is 11.6. The quantitative estimate of drug-likeness (QED) is 0.709. The molecule has 0 bridgehead atoms. The van der Waals surface area contributed by atoms with Gasteiger partial charge in [0.15, 0.2) is 12.3 Å². The van der Waals surface area contributed by atoms with Crippen LogP contribution in [0.4, 0.5) is 18.9 Å². The molecule has 3 aromatic rings. The van der Waals surface area contributed by atoms with E-state index in [1.54, 1.807) is 7.05 Å². The first-order valence-corrected chi connectivity index (χ1v) is 7.55. The average molecular weight is 382 g/mol. The van der Waals surface area contributed by atoms with Crippen LogP contribution in [0.3, 0.4) is 0 Å². The monoisotopic (exact) mass is 382 g/mol. The van der Waals surface area contributed by atoms with Crippen molar-refractivity contribution in [3.8, 4) is 5.88 Å². The van der Waals surface area contributed by atoms with E-state index >= 15 is 0 Å². The van der Waals surface area contributed by atoms with Gasteiger partial charge in [-0.15, -0.1) is 0 Å². The number of halogens is 3. The Morgan fingerprint density at radius 1 is 1.26 bits per heavy atom. The summed E-state index contributed by atoms with van der Waals surface area (Å²) in [5.74, 6) is -0.763. The maximum Gasteiger partial charge on any atom is 0.422 e. The van der Waals surface area contributed by atoms with Gasteiger partial charge in [-0.25, -0.2) is 9.97 Å². The number of pyridine rings is 1. The molecule has 3 heterocycles. The molecular formula is C15H13F3N6O3. The fourth-order valence-corrected chi connectivity index (χ4v) is 2.23. The number of hydrogen-bond acceptors (Lipinski definition) is 6. The van der Waals surface area contributed by atoms with Gasteiger partial charge in [-0.2, -0.15) is 18.3 Å². The summed E-state index contributed by atoms with van der Waals surface area (Å²) in [5, 5.41) is 6.69. The summed E-state index contributed by atoms with van der Waals surface area (Å²) in [6.45, 7) is -1.76. The number of anilines is 1. The molecule has 0 saturated carbocycles. The Morgan fingerprint density at radius 2 is 2.04 bits per heavy atom. The number of aromatic nitrogens is 5. The van der Waals surface area contributed by atoms with Crippen LogP contribution in [0.1, 0.15) is 0 Å². The Labute approximate surface area is 149 Å². The highest BCUT2D eigenvalue weighted by molar-refractivity contribution is 5.90. The highest BCUT2D eigenvalue weighted by atomic mass is 19.4. The summed E-state index contributed by atoms with van der Waals surface area (Å²) in [6.07, 6.45) is -0.721. The van der Waals surface area contributed by atoms with Crippen LogP contribution >= 0.6 is 0 Å². The summed E-state index contributed by atoms with van der Waals surface area (Å²) in [5.41, 5.74) is 0.218.